The van der Waals surface area contributed by atoms with Crippen molar-refractivity contribution in [3.63, 3.8) is 0 Å². The summed E-state index contributed by atoms with van der Waals surface area (Å²) in [6.07, 6.45) is 3.57. The molecule has 0 unspecified atom stereocenters. The van der Waals surface area contributed by atoms with E-state index in [1.54, 1.807) is 0 Å². The third kappa shape index (κ3) is 3.43. The lowest BCUT2D eigenvalue weighted by Gasteiger charge is -2.34. The minimum Gasteiger partial charge on any atom is -0.347 e. The van der Waals surface area contributed by atoms with Crippen molar-refractivity contribution in [1.82, 2.24) is 10.7 Å². The standard InChI is InChI=1S/C24H29N3O2/c1-23(2)18-11-12-24(23,3)20(14-18)26-27-22(29)15-25-21(28)13-17-9-6-8-16-7-4-5-10-19(16)17/h4-10,18H,11-15H2,1-3H3,(H,25,28)(H,27,29)/b26-20+/t18-,24+/m1/s1. The summed E-state index contributed by atoms with van der Waals surface area (Å²) >= 11 is 0. The summed E-state index contributed by atoms with van der Waals surface area (Å²) in [4.78, 5) is 24.5. The first-order chi connectivity index (χ1) is 13.8. The lowest BCUT2D eigenvalue weighted by atomic mass is 9.70. The number of hydrazone groups is 1. The Hall–Kier alpha value is -2.69. The second-order valence-corrected chi connectivity index (χ2v) is 9.18. The van der Waals surface area contributed by atoms with Crippen LogP contribution in [0, 0.1) is 16.7 Å². The van der Waals surface area contributed by atoms with Gasteiger partial charge in [0.15, 0.2) is 0 Å². The van der Waals surface area contributed by atoms with E-state index in [9.17, 15) is 9.59 Å². The third-order valence-corrected chi connectivity index (χ3v) is 7.50. The molecule has 0 heterocycles. The third-order valence-electron chi connectivity index (χ3n) is 7.50. The van der Waals surface area contributed by atoms with Crippen molar-refractivity contribution in [3.8, 4) is 0 Å². The van der Waals surface area contributed by atoms with Crippen molar-refractivity contribution in [2.24, 2.45) is 21.8 Å². The lowest BCUT2D eigenvalue weighted by molar-refractivity contribution is -0.125. The average Bonchev–Trinajstić information content (AvgIpc) is 3.04. The Morgan fingerprint density at radius 2 is 1.83 bits per heavy atom. The van der Waals surface area contributed by atoms with E-state index < -0.39 is 0 Å². The van der Waals surface area contributed by atoms with E-state index in [2.05, 4.69) is 36.6 Å². The number of nitrogens with one attached hydrogen (secondary N) is 2. The highest BCUT2D eigenvalue weighted by atomic mass is 16.2. The molecule has 5 nitrogen and oxygen atoms in total. The van der Waals surface area contributed by atoms with E-state index in [1.165, 1.54) is 6.42 Å². The highest BCUT2D eigenvalue weighted by Crippen LogP contribution is 2.63. The highest BCUT2D eigenvalue weighted by Gasteiger charge is 2.60. The smallest absolute Gasteiger partial charge is 0.259 e. The summed E-state index contributed by atoms with van der Waals surface area (Å²) < 4.78 is 0. The monoisotopic (exact) mass is 391 g/mol. The molecular formula is C24H29N3O2. The SMILES string of the molecule is CC1(C)[C@@H]2CC[C@@]1(C)/C(=N/NC(=O)CNC(=O)Cc1cccc3ccccc13)C2. The van der Waals surface area contributed by atoms with Crippen molar-refractivity contribution in [3.05, 3.63) is 48.0 Å². The number of carbonyl (C=O) groups excluding carboxylic acids is 2. The molecular weight excluding hydrogens is 362 g/mol. The fourth-order valence-electron chi connectivity index (χ4n) is 5.13. The number of hydrogen-bond acceptors (Lipinski definition) is 3. The maximum absolute atomic E-state index is 12.3. The molecule has 2 fully saturated rings. The summed E-state index contributed by atoms with van der Waals surface area (Å²) in [5.74, 6) is 0.189. The van der Waals surface area contributed by atoms with E-state index in [0.717, 1.165) is 34.9 Å². The van der Waals surface area contributed by atoms with Crippen LogP contribution in [0.4, 0.5) is 0 Å². The van der Waals surface area contributed by atoms with Gasteiger partial charge in [0.1, 0.15) is 0 Å². The molecule has 2 atom stereocenters. The normalized spacial score (nSPS) is 26.0. The van der Waals surface area contributed by atoms with Gasteiger partial charge in [0, 0.05) is 11.1 Å². The van der Waals surface area contributed by atoms with Gasteiger partial charge in [-0.25, -0.2) is 5.43 Å². The Morgan fingerprint density at radius 3 is 2.55 bits per heavy atom. The van der Waals surface area contributed by atoms with Crippen molar-refractivity contribution in [1.29, 1.82) is 0 Å². The zero-order valence-corrected chi connectivity index (χ0v) is 17.4. The van der Waals surface area contributed by atoms with E-state index in [4.69, 9.17) is 0 Å². The minimum absolute atomic E-state index is 0.0581. The average molecular weight is 392 g/mol. The molecule has 29 heavy (non-hydrogen) atoms. The number of hydrogen-bond donors (Lipinski definition) is 2. The molecule has 2 bridgehead atoms. The first-order valence-electron chi connectivity index (χ1n) is 10.4. The Kier molecular flexibility index (Phi) is 4.93. The van der Waals surface area contributed by atoms with Gasteiger partial charge in [0.2, 0.25) is 5.91 Å². The molecule has 2 aromatic carbocycles. The van der Waals surface area contributed by atoms with Crippen LogP contribution < -0.4 is 10.7 Å². The Labute approximate surface area is 171 Å². The zero-order chi connectivity index (χ0) is 20.6. The van der Waals surface area contributed by atoms with E-state index in [-0.39, 0.29) is 35.6 Å². The van der Waals surface area contributed by atoms with Gasteiger partial charge in [0.05, 0.1) is 13.0 Å². The molecule has 2 saturated carbocycles. The van der Waals surface area contributed by atoms with Crippen LogP contribution in [0.25, 0.3) is 10.8 Å². The van der Waals surface area contributed by atoms with Crippen LogP contribution >= 0.6 is 0 Å². The Morgan fingerprint density at radius 1 is 1.07 bits per heavy atom. The molecule has 2 amide bonds. The second kappa shape index (κ2) is 7.29. The van der Waals surface area contributed by atoms with Gasteiger partial charge in [-0.3, -0.25) is 9.59 Å². The van der Waals surface area contributed by atoms with Gasteiger partial charge in [-0.15, -0.1) is 0 Å². The predicted molar refractivity (Wildman–Crippen MR) is 115 cm³/mol. The molecule has 4 rings (SSSR count). The molecule has 0 spiro atoms. The van der Waals surface area contributed by atoms with Gasteiger partial charge in [-0.05, 0) is 46.9 Å². The van der Waals surface area contributed by atoms with Crippen LogP contribution in [0.3, 0.4) is 0 Å². The maximum atomic E-state index is 12.3. The highest BCUT2D eigenvalue weighted by molar-refractivity contribution is 5.95. The van der Waals surface area contributed by atoms with Gasteiger partial charge in [-0.1, -0.05) is 63.2 Å². The summed E-state index contributed by atoms with van der Waals surface area (Å²) in [6, 6.07) is 13.9. The first kappa shape index (κ1) is 19.6. The van der Waals surface area contributed by atoms with Crippen molar-refractivity contribution in [2.75, 3.05) is 6.54 Å². The van der Waals surface area contributed by atoms with Crippen LogP contribution in [0.1, 0.15) is 45.6 Å². The van der Waals surface area contributed by atoms with Gasteiger partial charge < -0.3 is 5.32 Å². The molecule has 0 aliphatic heterocycles. The summed E-state index contributed by atoms with van der Waals surface area (Å²) in [5.41, 5.74) is 4.99. The topological polar surface area (TPSA) is 70.6 Å². The minimum atomic E-state index is -0.284. The quantitative estimate of drug-likeness (QED) is 0.761. The Balaban J connectivity index is 1.32. The number of carbonyl (C=O) groups is 2. The molecule has 0 radical (unpaired) electrons. The number of nitrogens with zero attached hydrogens (tertiary/aromatic N) is 1. The summed E-state index contributed by atoms with van der Waals surface area (Å²) in [5, 5.41) is 9.32. The lowest BCUT2D eigenvalue weighted by Crippen LogP contribution is -2.38. The van der Waals surface area contributed by atoms with E-state index >= 15 is 0 Å². The van der Waals surface area contributed by atoms with Gasteiger partial charge in [-0.2, -0.15) is 5.10 Å². The second-order valence-electron chi connectivity index (χ2n) is 9.18. The molecule has 2 N–H and O–H groups in total. The molecule has 2 aliphatic carbocycles. The zero-order valence-electron chi connectivity index (χ0n) is 17.4. The molecule has 2 aromatic rings. The fourth-order valence-corrected chi connectivity index (χ4v) is 5.13. The molecule has 5 heteroatoms. The summed E-state index contributed by atoms with van der Waals surface area (Å²) in [7, 11) is 0. The predicted octanol–water partition coefficient (Wildman–Crippen LogP) is 3.82. The largest absolute Gasteiger partial charge is 0.347 e. The maximum Gasteiger partial charge on any atom is 0.259 e. The fraction of sp³-hybridized carbons (Fsp3) is 0.458. The molecule has 2 aliphatic rings. The first-order valence-corrected chi connectivity index (χ1v) is 10.4. The van der Waals surface area contributed by atoms with E-state index in [0.29, 0.717) is 5.92 Å². The number of fused-ring (bicyclic) bond motifs is 3. The van der Waals surface area contributed by atoms with Gasteiger partial charge >= 0.3 is 0 Å². The van der Waals surface area contributed by atoms with Crippen molar-refractivity contribution < 1.29 is 9.59 Å². The van der Waals surface area contributed by atoms with Crippen LogP contribution in [0.5, 0.6) is 0 Å². The number of rotatable bonds is 5. The van der Waals surface area contributed by atoms with E-state index in [1.807, 2.05) is 42.5 Å². The summed E-state index contributed by atoms with van der Waals surface area (Å²) in [6.45, 7) is 6.81. The number of amides is 2. The number of benzene rings is 2. The van der Waals surface area contributed by atoms with Crippen molar-refractivity contribution in [2.45, 2.75) is 46.5 Å². The van der Waals surface area contributed by atoms with Gasteiger partial charge in [0.25, 0.3) is 5.91 Å². The molecule has 0 aromatic heterocycles. The molecule has 152 valence electrons. The van der Waals surface area contributed by atoms with Crippen LogP contribution in [-0.2, 0) is 16.0 Å². The van der Waals surface area contributed by atoms with Crippen molar-refractivity contribution >= 4 is 28.3 Å². The van der Waals surface area contributed by atoms with Crippen LogP contribution in [-0.4, -0.2) is 24.1 Å². The van der Waals surface area contributed by atoms with Crippen LogP contribution in [0.2, 0.25) is 0 Å². The molecule has 0 saturated heterocycles. The Bertz CT molecular complexity index is 989. The van der Waals surface area contributed by atoms with Crippen LogP contribution in [0.15, 0.2) is 47.6 Å².